The number of hydrogen-bond donors (Lipinski definition) is 2. The van der Waals surface area contributed by atoms with Crippen molar-refractivity contribution in [2.45, 2.75) is 68.9 Å². The number of aliphatic hydroxyl groups is 1. The third-order valence-electron chi connectivity index (χ3n) is 5.70. The Labute approximate surface area is 109 Å². The van der Waals surface area contributed by atoms with E-state index in [1.807, 2.05) is 0 Å². The Kier molecular flexibility index (Phi) is 3.17. The molecule has 2 heterocycles. The average molecular weight is 255 g/mol. The topological polar surface area (TPSA) is 64.7 Å². The summed E-state index contributed by atoms with van der Waals surface area (Å²) in [6.45, 7) is 0.544. The lowest BCUT2D eigenvalue weighted by Gasteiger charge is -2.51. The fraction of sp³-hybridized carbons (Fsp3) is 1.00. The molecule has 3 atom stereocenters. The molecule has 3 unspecified atom stereocenters. The number of ether oxygens (including phenoxy) is 2. The highest BCUT2D eigenvalue weighted by molar-refractivity contribution is 5.12. The lowest BCUT2D eigenvalue weighted by Crippen LogP contribution is -2.59. The van der Waals surface area contributed by atoms with Crippen LogP contribution in [0, 0.1) is 5.41 Å². The molecule has 3 fully saturated rings. The van der Waals surface area contributed by atoms with E-state index in [4.69, 9.17) is 15.2 Å². The van der Waals surface area contributed by atoms with Gasteiger partial charge in [0.15, 0.2) is 0 Å². The number of methoxy groups -OCH3 is 1. The molecule has 0 aromatic rings. The minimum atomic E-state index is -0.642. The molecule has 0 radical (unpaired) electrons. The molecule has 104 valence electrons. The van der Waals surface area contributed by atoms with Crippen LogP contribution >= 0.6 is 0 Å². The van der Waals surface area contributed by atoms with Crippen molar-refractivity contribution >= 4 is 0 Å². The third-order valence-corrected chi connectivity index (χ3v) is 5.70. The minimum Gasteiger partial charge on any atom is -0.389 e. The van der Waals surface area contributed by atoms with E-state index in [-0.39, 0.29) is 11.5 Å². The average Bonchev–Trinajstić information content (AvgIpc) is 3.00. The predicted octanol–water partition coefficient (Wildman–Crippen LogP) is 1.20. The summed E-state index contributed by atoms with van der Waals surface area (Å²) in [5.41, 5.74) is 5.23. The number of fused-ring (bicyclic) bond motifs is 2. The van der Waals surface area contributed by atoms with Gasteiger partial charge in [0.05, 0.1) is 23.9 Å². The highest BCUT2D eigenvalue weighted by atomic mass is 16.5. The molecule has 4 heteroatoms. The molecule has 2 bridgehead atoms. The molecule has 3 rings (SSSR count). The summed E-state index contributed by atoms with van der Waals surface area (Å²) < 4.78 is 11.4. The van der Waals surface area contributed by atoms with Crippen LogP contribution in [0.15, 0.2) is 0 Å². The number of hydrogen-bond acceptors (Lipinski definition) is 4. The van der Waals surface area contributed by atoms with Gasteiger partial charge in [0, 0.05) is 19.1 Å². The van der Waals surface area contributed by atoms with Crippen molar-refractivity contribution in [3.63, 3.8) is 0 Å². The monoisotopic (exact) mass is 255 g/mol. The quantitative estimate of drug-likeness (QED) is 0.795. The van der Waals surface area contributed by atoms with Crippen LogP contribution in [0.1, 0.15) is 44.9 Å². The maximum Gasteiger partial charge on any atom is 0.0743 e. The lowest BCUT2D eigenvalue weighted by atomic mass is 9.58. The second-order valence-electron chi connectivity index (χ2n) is 6.36. The second kappa shape index (κ2) is 4.44. The molecule has 1 saturated carbocycles. The molecule has 18 heavy (non-hydrogen) atoms. The first-order chi connectivity index (χ1) is 8.63. The molecular weight excluding hydrogens is 230 g/mol. The molecule has 1 aliphatic carbocycles. The third kappa shape index (κ3) is 1.66. The van der Waals surface area contributed by atoms with E-state index in [1.54, 1.807) is 7.11 Å². The van der Waals surface area contributed by atoms with E-state index in [1.165, 1.54) is 0 Å². The first kappa shape index (κ1) is 12.9. The summed E-state index contributed by atoms with van der Waals surface area (Å²) >= 11 is 0. The van der Waals surface area contributed by atoms with Gasteiger partial charge in [-0.1, -0.05) is 0 Å². The van der Waals surface area contributed by atoms with Crippen LogP contribution in [0.25, 0.3) is 0 Å². The summed E-state index contributed by atoms with van der Waals surface area (Å²) in [4.78, 5) is 0. The van der Waals surface area contributed by atoms with Gasteiger partial charge in [-0.15, -0.1) is 0 Å². The summed E-state index contributed by atoms with van der Waals surface area (Å²) in [7, 11) is 1.76. The normalized spacial score (nSPS) is 51.8. The molecule has 2 saturated heterocycles. The first-order valence-electron chi connectivity index (χ1n) is 7.24. The maximum atomic E-state index is 11.1. The molecule has 0 amide bonds. The Hall–Kier alpha value is -0.160. The fourth-order valence-corrected chi connectivity index (χ4v) is 4.50. The van der Waals surface area contributed by atoms with Gasteiger partial charge in [-0.2, -0.15) is 0 Å². The van der Waals surface area contributed by atoms with Crippen LogP contribution in [0.4, 0.5) is 0 Å². The Balaban J connectivity index is 1.80. The van der Waals surface area contributed by atoms with E-state index in [0.717, 1.165) is 44.9 Å². The summed E-state index contributed by atoms with van der Waals surface area (Å²) in [5.74, 6) is 0. The van der Waals surface area contributed by atoms with Crippen molar-refractivity contribution in [1.82, 2.24) is 0 Å². The predicted molar refractivity (Wildman–Crippen MR) is 68.2 cm³/mol. The minimum absolute atomic E-state index is 0.177. The van der Waals surface area contributed by atoms with Crippen LogP contribution in [0.5, 0.6) is 0 Å². The molecule has 3 N–H and O–H groups in total. The van der Waals surface area contributed by atoms with E-state index in [9.17, 15) is 5.11 Å². The van der Waals surface area contributed by atoms with Crippen molar-refractivity contribution in [1.29, 1.82) is 0 Å². The highest BCUT2D eigenvalue weighted by Crippen LogP contribution is 2.56. The fourth-order valence-electron chi connectivity index (χ4n) is 4.50. The summed E-state index contributed by atoms with van der Waals surface area (Å²) in [6, 6.07) is 0. The van der Waals surface area contributed by atoms with Crippen LogP contribution < -0.4 is 5.73 Å². The van der Waals surface area contributed by atoms with Gasteiger partial charge in [0.25, 0.3) is 0 Å². The van der Waals surface area contributed by atoms with E-state index in [0.29, 0.717) is 18.8 Å². The van der Waals surface area contributed by atoms with Gasteiger partial charge in [-0.05, 0) is 44.9 Å². The molecule has 4 nitrogen and oxygen atoms in total. The highest BCUT2D eigenvalue weighted by Gasteiger charge is 2.62. The summed E-state index contributed by atoms with van der Waals surface area (Å²) in [5, 5.41) is 11.1. The summed E-state index contributed by atoms with van der Waals surface area (Å²) in [6.07, 6.45) is 7.45. The standard InChI is InChI=1S/C14H25NO3/c1-17-10-4-6-14(16,7-5-10)13(9-15)8-11-2-3-12(13)18-11/h10-12,16H,2-9,15H2,1H3. The molecule has 3 aliphatic rings. The van der Waals surface area contributed by atoms with Crippen molar-refractivity contribution < 1.29 is 14.6 Å². The van der Waals surface area contributed by atoms with Gasteiger partial charge in [-0.3, -0.25) is 0 Å². The van der Waals surface area contributed by atoms with Crippen molar-refractivity contribution in [3.05, 3.63) is 0 Å². The van der Waals surface area contributed by atoms with Gasteiger partial charge >= 0.3 is 0 Å². The van der Waals surface area contributed by atoms with E-state index in [2.05, 4.69) is 0 Å². The zero-order chi connectivity index (χ0) is 12.8. The van der Waals surface area contributed by atoms with Gasteiger partial charge in [0.2, 0.25) is 0 Å². The Morgan fingerprint density at radius 3 is 2.44 bits per heavy atom. The SMILES string of the molecule is COC1CCC(O)(C2(CN)CC3CCC2O3)CC1. The van der Waals surface area contributed by atoms with Crippen LogP contribution in [0.2, 0.25) is 0 Å². The lowest BCUT2D eigenvalue weighted by molar-refractivity contribution is -0.146. The largest absolute Gasteiger partial charge is 0.389 e. The maximum absolute atomic E-state index is 11.1. The Bertz CT molecular complexity index is 314. The van der Waals surface area contributed by atoms with Crippen molar-refractivity contribution in [2.75, 3.05) is 13.7 Å². The zero-order valence-electron chi connectivity index (χ0n) is 11.2. The van der Waals surface area contributed by atoms with E-state index < -0.39 is 5.60 Å². The first-order valence-corrected chi connectivity index (χ1v) is 7.24. The molecule has 0 aromatic heterocycles. The Morgan fingerprint density at radius 2 is 2.00 bits per heavy atom. The van der Waals surface area contributed by atoms with Gasteiger partial charge < -0.3 is 20.3 Å². The zero-order valence-corrected chi connectivity index (χ0v) is 11.2. The number of rotatable bonds is 3. The van der Waals surface area contributed by atoms with Crippen molar-refractivity contribution in [2.24, 2.45) is 11.1 Å². The smallest absolute Gasteiger partial charge is 0.0743 e. The Morgan fingerprint density at radius 1 is 1.28 bits per heavy atom. The van der Waals surface area contributed by atoms with Crippen molar-refractivity contribution in [3.8, 4) is 0 Å². The second-order valence-corrected chi connectivity index (χ2v) is 6.36. The molecule has 0 aromatic carbocycles. The molecular formula is C14H25NO3. The van der Waals surface area contributed by atoms with E-state index >= 15 is 0 Å². The molecule has 0 spiro atoms. The van der Waals surface area contributed by atoms with Crippen LogP contribution in [-0.4, -0.2) is 42.7 Å². The van der Waals surface area contributed by atoms with Crippen LogP contribution in [0.3, 0.4) is 0 Å². The van der Waals surface area contributed by atoms with Crippen LogP contribution in [-0.2, 0) is 9.47 Å². The number of nitrogens with two attached hydrogens (primary N) is 1. The van der Waals surface area contributed by atoms with Gasteiger partial charge in [0.1, 0.15) is 0 Å². The molecule has 2 aliphatic heterocycles. The van der Waals surface area contributed by atoms with Gasteiger partial charge in [-0.25, -0.2) is 0 Å².